The van der Waals surface area contributed by atoms with Gasteiger partial charge in [0.2, 0.25) is 5.89 Å². The molecule has 0 N–H and O–H groups in total. The van der Waals surface area contributed by atoms with Crippen molar-refractivity contribution in [3.05, 3.63) is 47.4 Å². The van der Waals surface area contributed by atoms with Gasteiger partial charge in [0, 0.05) is 0 Å². The quantitative estimate of drug-likeness (QED) is 0.776. The lowest BCUT2D eigenvalue weighted by molar-refractivity contribution is 0.0479. The average molecular weight is 250 g/mol. The van der Waals surface area contributed by atoms with Crippen LogP contribution in [-0.2, 0) is 11.2 Å². The van der Waals surface area contributed by atoms with Gasteiger partial charge in [0.15, 0.2) is 0 Å². The molecule has 18 heavy (non-hydrogen) atoms. The number of carbonyl (C=O) groups excluding carboxylic acids is 1. The van der Waals surface area contributed by atoms with E-state index in [1.807, 2.05) is 0 Å². The molecule has 0 aliphatic carbocycles. The van der Waals surface area contributed by atoms with E-state index in [9.17, 15) is 9.18 Å². The molecule has 0 radical (unpaired) electrons. The maximum Gasteiger partial charge on any atom is 0.396 e. The smallest absolute Gasteiger partial charge is 0.396 e. The van der Waals surface area contributed by atoms with Crippen molar-refractivity contribution < 1.29 is 18.3 Å². The number of aromatic nitrogens is 2. The van der Waals surface area contributed by atoms with Gasteiger partial charge < -0.3 is 9.15 Å². The summed E-state index contributed by atoms with van der Waals surface area (Å²) >= 11 is 0. The van der Waals surface area contributed by atoms with Gasteiger partial charge >= 0.3 is 11.9 Å². The van der Waals surface area contributed by atoms with Crippen LogP contribution in [0.2, 0.25) is 0 Å². The highest BCUT2D eigenvalue weighted by Crippen LogP contribution is 2.10. The van der Waals surface area contributed by atoms with E-state index in [0.717, 1.165) is 5.56 Å². The Labute approximate surface area is 103 Å². The van der Waals surface area contributed by atoms with Crippen LogP contribution in [0.5, 0.6) is 0 Å². The minimum absolute atomic E-state index is 0.172. The monoisotopic (exact) mass is 250 g/mol. The summed E-state index contributed by atoms with van der Waals surface area (Å²) in [5.41, 5.74) is 0.815. The number of nitrogens with zero attached hydrogens (tertiary/aromatic N) is 2. The first-order valence-electron chi connectivity index (χ1n) is 5.43. The first-order chi connectivity index (χ1) is 8.69. The van der Waals surface area contributed by atoms with E-state index in [2.05, 4.69) is 10.2 Å². The molecule has 94 valence electrons. The van der Waals surface area contributed by atoms with Crippen molar-refractivity contribution in [1.29, 1.82) is 0 Å². The molecule has 0 atom stereocenters. The molecular weight excluding hydrogens is 239 g/mol. The Hall–Kier alpha value is -2.24. The summed E-state index contributed by atoms with van der Waals surface area (Å²) in [6, 6.07) is 5.92. The molecule has 1 aromatic heterocycles. The van der Waals surface area contributed by atoms with Crippen molar-refractivity contribution in [3.63, 3.8) is 0 Å². The minimum atomic E-state index is -0.643. The van der Waals surface area contributed by atoms with E-state index in [1.165, 1.54) is 12.1 Å². The second-order valence-corrected chi connectivity index (χ2v) is 3.52. The lowest BCUT2D eigenvalue weighted by Gasteiger charge is -1.96. The van der Waals surface area contributed by atoms with Gasteiger partial charge in [-0.25, -0.2) is 9.18 Å². The molecule has 0 aliphatic rings. The number of ether oxygens (including phenoxy) is 1. The van der Waals surface area contributed by atoms with E-state index in [1.54, 1.807) is 19.1 Å². The van der Waals surface area contributed by atoms with E-state index in [0.29, 0.717) is 6.42 Å². The number of carbonyl (C=O) groups is 1. The molecule has 2 rings (SSSR count). The molecule has 0 bridgehead atoms. The van der Waals surface area contributed by atoms with Gasteiger partial charge in [-0.2, -0.15) is 0 Å². The number of esters is 1. The second-order valence-electron chi connectivity index (χ2n) is 3.52. The maximum absolute atomic E-state index is 12.7. The second kappa shape index (κ2) is 5.39. The third-order valence-corrected chi connectivity index (χ3v) is 2.19. The summed E-state index contributed by atoms with van der Waals surface area (Å²) in [4.78, 5) is 11.3. The third-order valence-electron chi connectivity index (χ3n) is 2.19. The fraction of sp³-hybridized carbons (Fsp3) is 0.250. The molecule has 0 unspecified atom stereocenters. The van der Waals surface area contributed by atoms with Crippen LogP contribution in [0, 0.1) is 5.82 Å². The lowest BCUT2D eigenvalue weighted by Crippen LogP contribution is -2.04. The topological polar surface area (TPSA) is 65.2 Å². The van der Waals surface area contributed by atoms with Crippen LogP contribution in [0.4, 0.5) is 4.39 Å². The first-order valence-corrected chi connectivity index (χ1v) is 5.43. The highest BCUT2D eigenvalue weighted by Gasteiger charge is 2.15. The van der Waals surface area contributed by atoms with Gasteiger partial charge in [0.05, 0.1) is 13.0 Å². The number of rotatable bonds is 4. The highest BCUT2D eigenvalue weighted by molar-refractivity contribution is 5.83. The van der Waals surface area contributed by atoms with Crippen LogP contribution < -0.4 is 0 Å². The Bertz CT molecular complexity index is 537. The van der Waals surface area contributed by atoms with Crippen molar-refractivity contribution in [2.75, 3.05) is 6.61 Å². The van der Waals surface area contributed by atoms with Crippen molar-refractivity contribution in [2.24, 2.45) is 0 Å². The SMILES string of the molecule is CCOC(=O)c1nnc(Cc2ccc(F)cc2)o1. The molecule has 0 aliphatic heterocycles. The Kier molecular flexibility index (Phi) is 3.66. The first kappa shape index (κ1) is 12.2. The largest absolute Gasteiger partial charge is 0.459 e. The summed E-state index contributed by atoms with van der Waals surface area (Å²) in [5, 5.41) is 7.31. The predicted molar refractivity (Wildman–Crippen MR) is 59.5 cm³/mol. The third kappa shape index (κ3) is 2.91. The van der Waals surface area contributed by atoms with E-state index in [4.69, 9.17) is 9.15 Å². The molecule has 0 saturated heterocycles. The summed E-state index contributed by atoms with van der Waals surface area (Å²) in [7, 11) is 0. The summed E-state index contributed by atoms with van der Waals surface area (Å²) < 4.78 is 22.6. The van der Waals surface area contributed by atoms with Crippen molar-refractivity contribution >= 4 is 5.97 Å². The molecule has 5 nitrogen and oxygen atoms in total. The van der Waals surface area contributed by atoms with E-state index in [-0.39, 0.29) is 24.2 Å². The average Bonchev–Trinajstić information content (AvgIpc) is 2.81. The molecule has 0 amide bonds. The summed E-state index contributed by atoms with van der Waals surface area (Å²) in [6.45, 7) is 1.93. The zero-order valence-electron chi connectivity index (χ0n) is 9.72. The standard InChI is InChI=1S/C12H11FN2O3/c1-2-17-12(16)11-15-14-10(18-11)7-8-3-5-9(13)6-4-8/h3-6H,2,7H2,1H3. The molecule has 2 aromatic rings. The maximum atomic E-state index is 12.7. The Morgan fingerprint density at radius 1 is 1.33 bits per heavy atom. The normalized spacial score (nSPS) is 10.3. The van der Waals surface area contributed by atoms with E-state index >= 15 is 0 Å². The number of hydrogen-bond acceptors (Lipinski definition) is 5. The molecule has 1 aromatic carbocycles. The zero-order chi connectivity index (χ0) is 13.0. The fourth-order valence-electron chi connectivity index (χ4n) is 1.38. The van der Waals surface area contributed by atoms with E-state index < -0.39 is 5.97 Å². The van der Waals surface area contributed by atoms with Crippen molar-refractivity contribution in [1.82, 2.24) is 10.2 Å². The van der Waals surface area contributed by atoms with Crippen LogP contribution in [0.1, 0.15) is 29.1 Å². The molecule has 1 heterocycles. The molecule has 0 spiro atoms. The van der Waals surface area contributed by atoms with Crippen LogP contribution in [0.25, 0.3) is 0 Å². The van der Waals surface area contributed by atoms with Crippen LogP contribution in [-0.4, -0.2) is 22.8 Å². The number of halogens is 1. The predicted octanol–water partition coefficient (Wildman–Crippen LogP) is 1.98. The van der Waals surface area contributed by atoms with Crippen molar-refractivity contribution in [2.45, 2.75) is 13.3 Å². The Morgan fingerprint density at radius 3 is 2.72 bits per heavy atom. The highest BCUT2D eigenvalue weighted by atomic mass is 19.1. The molecule has 6 heteroatoms. The molecule has 0 fully saturated rings. The van der Waals surface area contributed by atoms with Gasteiger partial charge in [-0.05, 0) is 24.6 Å². The number of benzene rings is 1. The molecular formula is C12H11FN2O3. The van der Waals surface area contributed by atoms with Gasteiger partial charge in [0.1, 0.15) is 5.82 Å². The van der Waals surface area contributed by atoms with Gasteiger partial charge in [0.25, 0.3) is 0 Å². The Balaban J connectivity index is 2.06. The van der Waals surface area contributed by atoms with Crippen LogP contribution in [0.15, 0.2) is 28.7 Å². The molecule has 0 saturated carbocycles. The summed E-state index contributed by atoms with van der Waals surface area (Å²) in [5.74, 6) is -0.842. The van der Waals surface area contributed by atoms with Gasteiger partial charge in [-0.3, -0.25) is 0 Å². The van der Waals surface area contributed by atoms with Crippen molar-refractivity contribution in [3.8, 4) is 0 Å². The van der Waals surface area contributed by atoms with Crippen LogP contribution >= 0.6 is 0 Å². The zero-order valence-corrected chi connectivity index (χ0v) is 9.72. The lowest BCUT2D eigenvalue weighted by atomic mass is 10.1. The van der Waals surface area contributed by atoms with Gasteiger partial charge in [-0.15, -0.1) is 10.2 Å². The van der Waals surface area contributed by atoms with Crippen LogP contribution in [0.3, 0.4) is 0 Å². The Morgan fingerprint density at radius 2 is 2.06 bits per heavy atom. The number of hydrogen-bond donors (Lipinski definition) is 0. The fourth-order valence-corrected chi connectivity index (χ4v) is 1.38. The van der Waals surface area contributed by atoms with Gasteiger partial charge in [-0.1, -0.05) is 12.1 Å². The minimum Gasteiger partial charge on any atom is -0.459 e. The summed E-state index contributed by atoms with van der Waals surface area (Å²) in [6.07, 6.45) is 0.340.